The Bertz CT molecular complexity index is 908. The molecule has 0 aromatic heterocycles. The van der Waals surface area contributed by atoms with Crippen molar-refractivity contribution in [3.63, 3.8) is 0 Å². The van der Waals surface area contributed by atoms with Crippen molar-refractivity contribution in [3.05, 3.63) is 47.5 Å². The fourth-order valence-corrected chi connectivity index (χ4v) is 3.34. The summed E-state index contributed by atoms with van der Waals surface area (Å²) in [5, 5.41) is 0. The number of ether oxygens (including phenoxy) is 2. The summed E-state index contributed by atoms with van der Waals surface area (Å²) < 4.78 is 38.7. The van der Waals surface area contributed by atoms with E-state index in [0.29, 0.717) is 24.3 Å². The normalized spacial score (nSPS) is 10.6. The van der Waals surface area contributed by atoms with Gasteiger partial charge in [0, 0.05) is 37.2 Å². The summed E-state index contributed by atoms with van der Waals surface area (Å²) in [5.41, 5.74) is 0.994. The van der Waals surface area contributed by atoms with Crippen LogP contribution >= 0.6 is 0 Å². The van der Waals surface area contributed by atoms with Crippen molar-refractivity contribution in [2.24, 2.45) is 0 Å². The highest BCUT2D eigenvalue weighted by Crippen LogP contribution is 2.41. The van der Waals surface area contributed by atoms with E-state index in [1.807, 2.05) is 18.7 Å². The molecule has 2 aromatic carbocycles. The predicted octanol–water partition coefficient (Wildman–Crippen LogP) is 5.36. The van der Waals surface area contributed by atoms with Gasteiger partial charge in [0.2, 0.25) is 0 Å². The van der Waals surface area contributed by atoms with Crippen molar-refractivity contribution in [1.82, 2.24) is 0 Å². The molecule has 0 bridgehead atoms. The van der Waals surface area contributed by atoms with Crippen molar-refractivity contribution in [2.75, 3.05) is 24.6 Å². The maximum Gasteiger partial charge on any atom is 0.344 e. The molecule has 0 amide bonds. The van der Waals surface area contributed by atoms with Gasteiger partial charge in [0.25, 0.3) is 0 Å². The summed E-state index contributed by atoms with van der Waals surface area (Å²) in [6.07, 6.45) is 1.54. The first-order chi connectivity index (χ1) is 14.3. The van der Waals surface area contributed by atoms with Crippen molar-refractivity contribution in [3.8, 4) is 16.9 Å². The van der Waals surface area contributed by atoms with Gasteiger partial charge in [-0.05, 0) is 44.0 Å². The van der Waals surface area contributed by atoms with Crippen molar-refractivity contribution in [2.45, 2.75) is 40.5 Å². The number of nitrogens with zero attached hydrogens (tertiary/aromatic N) is 1. The van der Waals surface area contributed by atoms with E-state index in [4.69, 9.17) is 9.47 Å². The molecule has 0 heterocycles. The quantitative estimate of drug-likeness (QED) is 0.405. The van der Waals surface area contributed by atoms with Gasteiger partial charge >= 0.3 is 11.9 Å². The molecule has 2 aromatic rings. The zero-order valence-corrected chi connectivity index (χ0v) is 17.8. The Balaban J connectivity index is 2.88. The van der Waals surface area contributed by atoms with E-state index >= 15 is 0 Å². The van der Waals surface area contributed by atoms with Gasteiger partial charge in [-0.15, -0.1) is 0 Å². The number of carbonyl (C=O) groups excluding carboxylic acids is 2. The molecule has 0 radical (unpaired) electrons. The van der Waals surface area contributed by atoms with E-state index in [0.717, 1.165) is 25.0 Å². The summed E-state index contributed by atoms with van der Waals surface area (Å²) in [6, 6.07) is 6.31. The van der Waals surface area contributed by atoms with Gasteiger partial charge in [0.15, 0.2) is 0 Å². The Morgan fingerprint density at radius 2 is 1.60 bits per heavy atom. The zero-order chi connectivity index (χ0) is 22.3. The van der Waals surface area contributed by atoms with E-state index < -0.39 is 23.6 Å². The molecule has 7 heteroatoms. The minimum Gasteiger partial charge on any atom is -0.462 e. The molecule has 0 aliphatic rings. The van der Waals surface area contributed by atoms with Crippen LogP contribution < -0.4 is 9.64 Å². The molecule has 162 valence electrons. The summed E-state index contributed by atoms with van der Waals surface area (Å²) in [5.74, 6) is -2.67. The molecule has 0 atom stereocenters. The van der Waals surface area contributed by atoms with E-state index in [-0.39, 0.29) is 23.5 Å². The van der Waals surface area contributed by atoms with E-state index in [2.05, 4.69) is 0 Å². The molecule has 0 spiro atoms. The number of anilines is 1. The lowest BCUT2D eigenvalue weighted by atomic mass is 9.97. The van der Waals surface area contributed by atoms with E-state index in [1.54, 1.807) is 13.0 Å². The Kier molecular flexibility index (Phi) is 8.33. The Labute approximate surface area is 175 Å². The van der Waals surface area contributed by atoms with Gasteiger partial charge in [-0.3, -0.25) is 4.79 Å². The van der Waals surface area contributed by atoms with Gasteiger partial charge in [-0.1, -0.05) is 13.8 Å². The molecule has 0 saturated heterocycles. The topological polar surface area (TPSA) is 55.8 Å². The molecule has 0 fully saturated rings. The third-order valence-electron chi connectivity index (χ3n) is 4.40. The van der Waals surface area contributed by atoms with Crippen molar-refractivity contribution < 1.29 is 27.8 Å². The standard InChI is InChI=1S/C23H27F2NO4/c1-5-12-26(13-6-2)22-18(17-9-8-16(24)14-19(17)25)10-11-20(30-15(4)27)21(22)23(28)29-7-3/h8-11,14H,5-7,12-13H2,1-4H3. The van der Waals surface area contributed by atoms with E-state index in [1.165, 1.54) is 19.1 Å². The number of hydrogen-bond donors (Lipinski definition) is 0. The second-order valence-corrected chi connectivity index (χ2v) is 6.76. The monoisotopic (exact) mass is 419 g/mol. The third-order valence-corrected chi connectivity index (χ3v) is 4.40. The van der Waals surface area contributed by atoms with Crippen LogP contribution in [0, 0.1) is 11.6 Å². The van der Waals surface area contributed by atoms with Gasteiger partial charge in [-0.25, -0.2) is 13.6 Å². The van der Waals surface area contributed by atoms with E-state index in [9.17, 15) is 18.4 Å². The Hall–Kier alpha value is -2.96. The van der Waals surface area contributed by atoms with Gasteiger partial charge in [0.1, 0.15) is 22.9 Å². The third kappa shape index (κ3) is 5.34. The molecule has 2 rings (SSSR count). The van der Waals surface area contributed by atoms with Crippen LogP contribution in [0.15, 0.2) is 30.3 Å². The van der Waals surface area contributed by atoms with Gasteiger partial charge < -0.3 is 14.4 Å². The summed E-state index contributed by atoms with van der Waals surface area (Å²) >= 11 is 0. The number of halogens is 2. The average Bonchev–Trinajstić information content (AvgIpc) is 2.67. The highest BCUT2D eigenvalue weighted by molar-refractivity contribution is 6.04. The summed E-state index contributed by atoms with van der Waals surface area (Å²) in [4.78, 5) is 26.5. The van der Waals surface area contributed by atoms with Crippen LogP contribution in [0.25, 0.3) is 11.1 Å². The van der Waals surface area contributed by atoms with Crippen LogP contribution in [0.3, 0.4) is 0 Å². The zero-order valence-electron chi connectivity index (χ0n) is 17.8. The smallest absolute Gasteiger partial charge is 0.344 e. The Morgan fingerprint density at radius 3 is 2.13 bits per heavy atom. The lowest BCUT2D eigenvalue weighted by Crippen LogP contribution is -2.28. The first-order valence-corrected chi connectivity index (χ1v) is 10.1. The first-order valence-electron chi connectivity index (χ1n) is 10.1. The maximum absolute atomic E-state index is 14.7. The minimum absolute atomic E-state index is 0.0411. The average molecular weight is 419 g/mol. The number of esters is 2. The Morgan fingerprint density at radius 1 is 0.967 bits per heavy atom. The largest absolute Gasteiger partial charge is 0.462 e. The highest BCUT2D eigenvalue weighted by atomic mass is 19.1. The fraction of sp³-hybridized carbons (Fsp3) is 0.391. The predicted molar refractivity (Wildman–Crippen MR) is 112 cm³/mol. The molecule has 30 heavy (non-hydrogen) atoms. The van der Waals surface area contributed by atoms with Gasteiger partial charge in [-0.2, -0.15) is 0 Å². The number of hydrogen-bond acceptors (Lipinski definition) is 5. The van der Waals surface area contributed by atoms with Gasteiger partial charge in [0.05, 0.1) is 12.3 Å². The first kappa shape index (κ1) is 23.3. The molecule has 5 nitrogen and oxygen atoms in total. The lowest BCUT2D eigenvalue weighted by molar-refractivity contribution is -0.131. The van der Waals surface area contributed by atoms with Crippen LogP contribution in [-0.2, 0) is 9.53 Å². The highest BCUT2D eigenvalue weighted by Gasteiger charge is 2.28. The van der Waals surface area contributed by atoms with Crippen LogP contribution in [0.1, 0.15) is 50.9 Å². The molecular weight excluding hydrogens is 392 g/mol. The molecule has 0 aliphatic heterocycles. The van der Waals surface area contributed by atoms with Crippen LogP contribution in [-0.4, -0.2) is 31.6 Å². The van der Waals surface area contributed by atoms with Crippen LogP contribution in [0.5, 0.6) is 5.75 Å². The fourth-order valence-electron chi connectivity index (χ4n) is 3.34. The molecule has 0 saturated carbocycles. The second-order valence-electron chi connectivity index (χ2n) is 6.76. The summed E-state index contributed by atoms with van der Waals surface area (Å²) in [6.45, 7) is 8.16. The van der Waals surface area contributed by atoms with Crippen LogP contribution in [0.2, 0.25) is 0 Å². The summed E-state index contributed by atoms with van der Waals surface area (Å²) in [7, 11) is 0. The second kappa shape index (κ2) is 10.7. The lowest BCUT2D eigenvalue weighted by Gasteiger charge is -2.29. The van der Waals surface area contributed by atoms with Crippen LogP contribution in [0.4, 0.5) is 14.5 Å². The number of benzene rings is 2. The minimum atomic E-state index is -0.751. The molecular formula is C23H27F2NO4. The number of rotatable bonds is 9. The maximum atomic E-state index is 14.7. The number of carbonyl (C=O) groups is 2. The SMILES string of the molecule is CCCN(CCC)c1c(-c2ccc(F)cc2F)ccc(OC(C)=O)c1C(=O)OCC. The van der Waals surface area contributed by atoms with Crippen molar-refractivity contribution in [1.29, 1.82) is 0 Å². The molecule has 0 unspecified atom stereocenters. The molecule has 0 aliphatic carbocycles. The van der Waals surface area contributed by atoms with Crippen molar-refractivity contribution >= 4 is 17.6 Å². The molecule has 0 N–H and O–H groups in total.